The fraction of sp³-hybridized carbons (Fsp3) is 0.643. The Bertz CT molecular complexity index is 602. The third-order valence-corrected chi connectivity index (χ3v) is 5.03. The number of nitrogens with one attached hydrogen (secondary N) is 1. The van der Waals surface area contributed by atoms with Crippen molar-refractivity contribution in [1.82, 2.24) is 9.29 Å². The molecule has 6 nitrogen and oxygen atoms in total. The summed E-state index contributed by atoms with van der Waals surface area (Å²) in [5.41, 5.74) is -0.0257. The first kappa shape index (κ1) is 17.7. The van der Waals surface area contributed by atoms with Crippen LogP contribution in [-0.4, -0.2) is 30.6 Å². The highest BCUT2D eigenvalue weighted by molar-refractivity contribution is 7.89. The summed E-state index contributed by atoms with van der Waals surface area (Å²) in [7, 11) is -3.69. The molecular formula is C14H24N2O4S. The number of sulfonamides is 1. The average Bonchev–Trinajstić information content (AvgIpc) is 2.81. The zero-order valence-electron chi connectivity index (χ0n) is 13.1. The van der Waals surface area contributed by atoms with E-state index in [9.17, 15) is 13.2 Å². The number of rotatable bonds is 7. The monoisotopic (exact) mass is 316 g/mol. The number of hydrogen-bond acceptors (Lipinski definition) is 3. The zero-order chi connectivity index (χ0) is 16.4. The van der Waals surface area contributed by atoms with Crippen LogP contribution in [0.1, 0.15) is 51.1 Å². The van der Waals surface area contributed by atoms with Gasteiger partial charge in [-0.1, -0.05) is 20.8 Å². The molecule has 0 aliphatic rings. The molecule has 7 heteroatoms. The molecule has 1 rings (SSSR count). The molecule has 1 aromatic heterocycles. The van der Waals surface area contributed by atoms with E-state index in [-0.39, 0.29) is 22.5 Å². The Balaban J connectivity index is 3.04. The number of carbonyl (C=O) groups is 1. The fourth-order valence-corrected chi connectivity index (χ4v) is 2.93. The summed E-state index contributed by atoms with van der Waals surface area (Å²) in [6, 6.07) is 1.07. The summed E-state index contributed by atoms with van der Waals surface area (Å²) < 4.78 is 28.5. The third kappa shape index (κ3) is 4.31. The van der Waals surface area contributed by atoms with Crippen molar-refractivity contribution in [3.63, 3.8) is 0 Å². The van der Waals surface area contributed by atoms with E-state index in [1.54, 1.807) is 13.8 Å². The van der Waals surface area contributed by atoms with Gasteiger partial charge in [0.05, 0.1) is 0 Å². The van der Waals surface area contributed by atoms with Gasteiger partial charge in [0.15, 0.2) is 0 Å². The second-order valence-electron chi connectivity index (χ2n) is 5.94. The molecule has 0 aliphatic heterocycles. The standard InChI is InChI=1S/C14H24N2O4S/c1-9(2)11(5)7-15-21(19,20)12-6-13(14(17)18)16(8-12)10(3)4/h6,8-11,15H,7H2,1-5H3,(H,17,18). The number of aromatic carboxylic acids is 1. The Kier molecular flexibility index (Phi) is 5.58. The molecule has 0 amide bonds. The maximum absolute atomic E-state index is 12.3. The van der Waals surface area contributed by atoms with Crippen molar-refractivity contribution >= 4 is 16.0 Å². The van der Waals surface area contributed by atoms with Crippen molar-refractivity contribution in [2.45, 2.75) is 45.6 Å². The van der Waals surface area contributed by atoms with Crippen molar-refractivity contribution in [1.29, 1.82) is 0 Å². The summed E-state index contributed by atoms with van der Waals surface area (Å²) in [4.78, 5) is 11.2. The predicted molar refractivity (Wildman–Crippen MR) is 81.0 cm³/mol. The molecule has 1 heterocycles. The maximum Gasteiger partial charge on any atom is 0.352 e. The summed E-state index contributed by atoms with van der Waals surface area (Å²) in [6.07, 6.45) is 1.37. The first-order valence-corrected chi connectivity index (χ1v) is 8.49. The van der Waals surface area contributed by atoms with Gasteiger partial charge in [0, 0.05) is 18.8 Å². The van der Waals surface area contributed by atoms with E-state index >= 15 is 0 Å². The van der Waals surface area contributed by atoms with Crippen molar-refractivity contribution in [3.05, 3.63) is 18.0 Å². The second-order valence-corrected chi connectivity index (χ2v) is 7.71. The first-order chi connectivity index (χ1) is 9.56. The minimum atomic E-state index is -3.69. The third-order valence-electron chi connectivity index (χ3n) is 3.64. The molecule has 0 aromatic carbocycles. The van der Waals surface area contributed by atoms with E-state index in [1.165, 1.54) is 16.8 Å². The second kappa shape index (κ2) is 6.62. The molecule has 0 saturated heterocycles. The molecule has 0 radical (unpaired) electrons. The van der Waals surface area contributed by atoms with Crippen LogP contribution in [0.3, 0.4) is 0 Å². The number of hydrogen-bond donors (Lipinski definition) is 2. The van der Waals surface area contributed by atoms with Crippen LogP contribution >= 0.6 is 0 Å². The van der Waals surface area contributed by atoms with Gasteiger partial charge in [0.25, 0.3) is 0 Å². The Hall–Kier alpha value is -1.34. The van der Waals surface area contributed by atoms with Crippen LogP contribution in [0.4, 0.5) is 0 Å². The van der Waals surface area contributed by atoms with Crippen molar-refractivity contribution in [2.24, 2.45) is 11.8 Å². The topological polar surface area (TPSA) is 88.4 Å². The highest BCUT2D eigenvalue weighted by Gasteiger charge is 2.23. The molecule has 21 heavy (non-hydrogen) atoms. The summed E-state index contributed by atoms with van der Waals surface area (Å²) in [6.45, 7) is 9.95. The van der Waals surface area contributed by atoms with Crippen molar-refractivity contribution in [2.75, 3.05) is 6.54 Å². The van der Waals surface area contributed by atoms with Gasteiger partial charge in [-0.05, 0) is 31.7 Å². The molecule has 2 N–H and O–H groups in total. The SMILES string of the molecule is CC(C)C(C)CNS(=O)(=O)c1cc(C(=O)O)n(C(C)C)c1. The summed E-state index contributed by atoms with van der Waals surface area (Å²) >= 11 is 0. The van der Waals surface area contributed by atoms with Crippen LogP contribution in [0.25, 0.3) is 0 Å². The maximum atomic E-state index is 12.3. The van der Waals surface area contributed by atoms with E-state index in [0.717, 1.165) is 0 Å². The van der Waals surface area contributed by atoms with Crippen molar-refractivity contribution in [3.8, 4) is 0 Å². The molecule has 0 bridgehead atoms. The molecule has 0 fully saturated rings. The molecule has 0 saturated carbocycles. The molecule has 0 spiro atoms. The molecular weight excluding hydrogens is 292 g/mol. The highest BCUT2D eigenvalue weighted by Crippen LogP contribution is 2.19. The van der Waals surface area contributed by atoms with Crippen LogP contribution < -0.4 is 4.72 Å². The smallest absolute Gasteiger partial charge is 0.352 e. The lowest BCUT2D eigenvalue weighted by molar-refractivity contribution is 0.0683. The van der Waals surface area contributed by atoms with Gasteiger partial charge in [0.2, 0.25) is 10.0 Å². The Morgan fingerprint density at radius 1 is 1.29 bits per heavy atom. The van der Waals surface area contributed by atoms with Gasteiger partial charge in [-0.2, -0.15) is 0 Å². The van der Waals surface area contributed by atoms with Gasteiger partial charge in [-0.3, -0.25) is 0 Å². The Morgan fingerprint density at radius 2 is 1.86 bits per heavy atom. The highest BCUT2D eigenvalue weighted by atomic mass is 32.2. The molecule has 1 unspecified atom stereocenters. The fourth-order valence-electron chi connectivity index (χ4n) is 1.76. The van der Waals surface area contributed by atoms with Crippen LogP contribution in [0, 0.1) is 11.8 Å². The van der Waals surface area contributed by atoms with E-state index in [4.69, 9.17) is 5.11 Å². The van der Waals surface area contributed by atoms with Gasteiger partial charge >= 0.3 is 5.97 Å². The predicted octanol–water partition coefficient (Wildman–Crippen LogP) is 2.34. The van der Waals surface area contributed by atoms with Gasteiger partial charge in [0.1, 0.15) is 10.6 Å². The van der Waals surface area contributed by atoms with E-state index < -0.39 is 16.0 Å². The van der Waals surface area contributed by atoms with Gasteiger partial charge in [-0.15, -0.1) is 0 Å². The Morgan fingerprint density at radius 3 is 2.24 bits per heavy atom. The quantitative estimate of drug-likeness (QED) is 0.808. The molecule has 1 aromatic rings. The number of carboxylic acids is 1. The summed E-state index contributed by atoms with van der Waals surface area (Å²) in [5.74, 6) is -0.575. The number of aromatic nitrogens is 1. The van der Waals surface area contributed by atoms with Crippen LogP contribution in [0.15, 0.2) is 17.2 Å². The summed E-state index contributed by atoms with van der Waals surface area (Å²) in [5, 5.41) is 9.15. The molecule has 120 valence electrons. The lowest BCUT2D eigenvalue weighted by atomic mass is 9.99. The van der Waals surface area contributed by atoms with Crippen molar-refractivity contribution < 1.29 is 18.3 Å². The van der Waals surface area contributed by atoms with Gasteiger partial charge in [-0.25, -0.2) is 17.9 Å². The average molecular weight is 316 g/mol. The van der Waals surface area contributed by atoms with Crippen LogP contribution in [0.2, 0.25) is 0 Å². The number of nitrogens with zero attached hydrogens (tertiary/aromatic N) is 1. The minimum absolute atomic E-state index is 0.00967. The normalized spacial score (nSPS) is 13.9. The lowest BCUT2D eigenvalue weighted by Crippen LogP contribution is -2.30. The Labute approximate surface area is 126 Å². The van der Waals surface area contributed by atoms with E-state index in [2.05, 4.69) is 4.72 Å². The number of carboxylic acid groups (broad SMARTS) is 1. The van der Waals surface area contributed by atoms with Crippen LogP contribution in [-0.2, 0) is 10.0 Å². The van der Waals surface area contributed by atoms with Gasteiger partial charge < -0.3 is 9.67 Å². The first-order valence-electron chi connectivity index (χ1n) is 7.01. The zero-order valence-corrected chi connectivity index (χ0v) is 13.9. The van der Waals surface area contributed by atoms with Crippen LogP contribution in [0.5, 0.6) is 0 Å². The van der Waals surface area contributed by atoms with E-state index in [1.807, 2.05) is 20.8 Å². The minimum Gasteiger partial charge on any atom is -0.477 e. The van der Waals surface area contributed by atoms with E-state index in [0.29, 0.717) is 12.5 Å². The molecule has 0 aliphatic carbocycles. The largest absolute Gasteiger partial charge is 0.477 e. The molecule has 1 atom stereocenters. The lowest BCUT2D eigenvalue weighted by Gasteiger charge is -2.15.